The Kier molecular flexibility index (Phi) is 5.62. The van der Waals surface area contributed by atoms with E-state index in [0.717, 1.165) is 0 Å². The minimum absolute atomic E-state index is 0.0491. The molecule has 7 nitrogen and oxygen atoms in total. The van der Waals surface area contributed by atoms with Crippen LogP contribution in [0.3, 0.4) is 0 Å². The van der Waals surface area contributed by atoms with Crippen LogP contribution in [0.25, 0.3) is 6.08 Å². The molecular formula is C18H16N2O5. The summed E-state index contributed by atoms with van der Waals surface area (Å²) < 4.78 is 5.14. The molecule has 0 saturated heterocycles. The van der Waals surface area contributed by atoms with E-state index in [1.54, 1.807) is 24.3 Å². The Labute approximate surface area is 144 Å². The molecule has 2 aromatic rings. The average molecular weight is 340 g/mol. The number of ether oxygens (including phenoxy) is 1. The summed E-state index contributed by atoms with van der Waals surface area (Å²) in [5.41, 5.74) is 1.24. The molecule has 2 rings (SSSR count). The van der Waals surface area contributed by atoms with E-state index in [9.17, 15) is 19.7 Å². The third-order valence-corrected chi connectivity index (χ3v) is 3.30. The summed E-state index contributed by atoms with van der Waals surface area (Å²) in [7, 11) is 1.46. The maximum atomic E-state index is 12.3. The van der Waals surface area contributed by atoms with Gasteiger partial charge in [-0.3, -0.25) is 19.7 Å². The number of benzene rings is 2. The van der Waals surface area contributed by atoms with Gasteiger partial charge in [-0.2, -0.15) is 0 Å². The number of anilines is 1. The lowest BCUT2D eigenvalue weighted by Crippen LogP contribution is -2.08. The average Bonchev–Trinajstić information content (AvgIpc) is 2.59. The van der Waals surface area contributed by atoms with Crippen molar-refractivity contribution in [3.05, 3.63) is 69.8 Å². The summed E-state index contributed by atoms with van der Waals surface area (Å²) in [4.78, 5) is 33.8. The van der Waals surface area contributed by atoms with Gasteiger partial charge in [-0.05, 0) is 29.8 Å². The normalized spacial score (nSPS) is 10.5. The SMILES string of the molecule is COc1ccc(C(=O)/C=C/c2cccc([N+](=O)[O-])c2)cc1NC(C)=O. The first-order valence-corrected chi connectivity index (χ1v) is 7.33. The number of ketones is 1. The minimum Gasteiger partial charge on any atom is -0.495 e. The Morgan fingerprint density at radius 1 is 1.20 bits per heavy atom. The number of carbonyl (C=O) groups excluding carboxylic acids is 2. The van der Waals surface area contributed by atoms with Crippen molar-refractivity contribution < 1.29 is 19.2 Å². The van der Waals surface area contributed by atoms with Gasteiger partial charge in [-0.15, -0.1) is 0 Å². The van der Waals surface area contributed by atoms with Gasteiger partial charge in [0.15, 0.2) is 5.78 Å². The summed E-state index contributed by atoms with van der Waals surface area (Å²) in [6.45, 7) is 1.36. The second-order valence-electron chi connectivity index (χ2n) is 5.15. The molecule has 25 heavy (non-hydrogen) atoms. The smallest absolute Gasteiger partial charge is 0.270 e. The molecule has 0 aliphatic heterocycles. The third kappa shape index (κ3) is 4.74. The second kappa shape index (κ2) is 7.87. The zero-order chi connectivity index (χ0) is 18.4. The van der Waals surface area contributed by atoms with Gasteiger partial charge in [0, 0.05) is 24.6 Å². The largest absolute Gasteiger partial charge is 0.495 e. The molecule has 0 unspecified atom stereocenters. The molecule has 0 aromatic heterocycles. The molecule has 0 bridgehead atoms. The van der Waals surface area contributed by atoms with Crippen molar-refractivity contribution in [2.75, 3.05) is 12.4 Å². The minimum atomic E-state index is -0.498. The molecule has 0 radical (unpaired) electrons. The zero-order valence-corrected chi connectivity index (χ0v) is 13.7. The van der Waals surface area contributed by atoms with Crippen LogP contribution in [0.2, 0.25) is 0 Å². The fraction of sp³-hybridized carbons (Fsp3) is 0.111. The van der Waals surface area contributed by atoms with Crippen molar-refractivity contribution >= 4 is 29.1 Å². The maximum absolute atomic E-state index is 12.3. The van der Waals surface area contributed by atoms with E-state index in [4.69, 9.17) is 4.74 Å². The highest BCUT2D eigenvalue weighted by molar-refractivity contribution is 6.08. The molecule has 0 aliphatic carbocycles. The molecule has 0 fully saturated rings. The number of amides is 1. The van der Waals surface area contributed by atoms with E-state index in [0.29, 0.717) is 22.6 Å². The van der Waals surface area contributed by atoms with Crippen LogP contribution in [-0.2, 0) is 4.79 Å². The number of allylic oxidation sites excluding steroid dienone is 1. The van der Waals surface area contributed by atoms with Gasteiger partial charge < -0.3 is 10.1 Å². The molecule has 2 aromatic carbocycles. The molecule has 0 heterocycles. The third-order valence-electron chi connectivity index (χ3n) is 3.30. The molecule has 128 valence electrons. The van der Waals surface area contributed by atoms with Gasteiger partial charge in [0.2, 0.25) is 5.91 Å². The van der Waals surface area contributed by atoms with E-state index < -0.39 is 4.92 Å². The Hall–Kier alpha value is -3.48. The summed E-state index contributed by atoms with van der Waals surface area (Å²) in [5.74, 6) is -0.148. The van der Waals surface area contributed by atoms with E-state index >= 15 is 0 Å². The fourth-order valence-electron chi connectivity index (χ4n) is 2.16. The number of nitrogens with one attached hydrogen (secondary N) is 1. The van der Waals surface area contributed by atoms with Crippen LogP contribution in [0.15, 0.2) is 48.5 Å². The predicted octanol–water partition coefficient (Wildman–Crippen LogP) is 3.46. The molecule has 7 heteroatoms. The summed E-state index contributed by atoms with van der Waals surface area (Å²) in [6, 6.07) is 10.6. The Balaban J connectivity index is 2.24. The van der Waals surface area contributed by atoms with E-state index in [1.807, 2.05) is 0 Å². The molecular weight excluding hydrogens is 324 g/mol. The van der Waals surface area contributed by atoms with Gasteiger partial charge in [0.25, 0.3) is 5.69 Å². The summed E-state index contributed by atoms with van der Waals surface area (Å²) in [6.07, 6.45) is 2.82. The van der Waals surface area contributed by atoms with Gasteiger partial charge in [0.05, 0.1) is 17.7 Å². The fourth-order valence-corrected chi connectivity index (χ4v) is 2.16. The van der Waals surface area contributed by atoms with Gasteiger partial charge in [-0.1, -0.05) is 18.2 Å². The highest BCUT2D eigenvalue weighted by atomic mass is 16.6. The number of hydrogen-bond acceptors (Lipinski definition) is 5. The van der Waals surface area contributed by atoms with Crippen LogP contribution in [-0.4, -0.2) is 23.7 Å². The number of nitro groups is 1. The van der Waals surface area contributed by atoms with E-state index in [-0.39, 0.29) is 17.4 Å². The monoisotopic (exact) mass is 340 g/mol. The number of rotatable bonds is 6. The number of methoxy groups -OCH3 is 1. The van der Waals surface area contributed by atoms with Crippen LogP contribution >= 0.6 is 0 Å². The number of carbonyl (C=O) groups is 2. The Morgan fingerprint density at radius 3 is 2.60 bits per heavy atom. The Morgan fingerprint density at radius 2 is 1.96 bits per heavy atom. The van der Waals surface area contributed by atoms with E-state index in [1.165, 1.54) is 44.4 Å². The summed E-state index contributed by atoms with van der Waals surface area (Å²) in [5, 5.41) is 13.4. The van der Waals surface area contributed by atoms with Gasteiger partial charge in [0.1, 0.15) is 5.75 Å². The molecule has 0 spiro atoms. The topological polar surface area (TPSA) is 98.5 Å². The zero-order valence-electron chi connectivity index (χ0n) is 13.7. The highest BCUT2D eigenvalue weighted by Crippen LogP contribution is 2.26. The van der Waals surface area contributed by atoms with Crippen LogP contribution in [0.5, 0.6) is 5.75 Å². The van der Waals surface area contributed by atoms with Crippen LogP contribution < -0.4 is 10.1 Å². The molecule has 0 aliphatic rings. The van der Waals surface area contributed by atoms with Gasteiger partial charge >= 0.3 is 0 Å². The lowest BCUT2D eigenvalue weighted by Gasteiger charge is -2.09. The van der Waals surface area contributed by atoms with Crippen molar-refractivity contribution in [1.29, 1.82) is 0 Å². The van der Waals surface area contributed by atoms with E-state index in [2.05, 4.69) is 5.32 Å². The van der Waals surface area contributed by atoms with Crippen molar-refractivity contribution in [3.8, 4) is 5.75 Å². The molecule has 1 amide bonds. The highest BCUT2D eigenvalue weighted by Gasteiger charge is 2.10. The first-order valence-electron chi connectivity index (χ1n) is 7.33. The first-order chi connectivity index (χ1) is 11.9. The lowest BCUT2D eigenvalue weighted by atomic mass is 10.1. The van der Waals surface area contributed by atoms with Crippen molar-refractivity contribution in [1.82, 2.24) is 0 Å². The Bertz CT molecular complexity index is 858. The number of hydrogen-bond donors (Lipinski definition) is 1. The lowest BCUT2D eigenvalue weighted by molar-refractivity contribution is -0.384. The van der Waals surface area contributed by atoms with Crippen LogP contribution in [0.1, 0.15) is 22.8 Å². The standard InChI is InChI=1S/C18H16N2O5/c1-12(21)19-16-11-14(7-9-18(16)25-2)17(22)8-6-13-4-3-5-15(10-13)20(23)24/h3-11H,1-2H3,(H,19,21)/b8-6+. The number of nitrogens with zero attached hydrogens (tertiary/aromatic N) is 1. The first kappa shape index (κ1) is 17.9. The molecule has 0 saturated carbocycles. The van der Waals surface area contributed by atoms with Crippen molar-refractivity contribution in [2.45, 2.75) is 6.92 Å². The second-order valence-corrected chi connectivity index (χ2v) is 5.15. The number of nitro benzene ring substituents is 1. The van der Waals surface area contributed by atoms with Crippen LogP contribution in [0.4, 0.5) is 11.4 Å². The van der Waals surface area contributed by atoms with Crippen molar-refractivity contribution in [3.63, 3.8) is 0 Å². The maximum Gasteiger partial charge on any atom is 0.270 e. The molecule has 1 N–H and O–H groups in total. The number of non-ortho nitro benzene ring substituents is 1. The summed E-state index contributed by atoms with van der Waals surface area (Å²) >= 11 is 0. The molecule has 0 atom stereocenters. The van der Waals surface area contributed by atoms with Crippen molar-refractivity contribution in [2.24, 2.45) is 0 Å². The van der Waals surface area contributed by atoms with Crippen LogP contribution in [0, 0.1) is 10.1 Å². The quantitative estimate of drug-likeness (QED) is 0.376. The predicted molar refractivity (Wildman–Crippen MR) is 93.8 cm³/mol. The van der Waals surface area contributed by atoms with Gasteiger partial charge in [-0.25, -0.2) is 0 Å².